The quantitative estimate of drug-likeness (QED) is 0.320. The summed E-state index contributed by atoms with van der Waals surface area (Å²) in [6.45, 7) is 6.05. The summed E-state index contributed by atoms with van der Waals surface area (Å²) >= 11 is 6.61. The molecule has 1 aliphatic heterocycles. The summed E-state index contributed by atoms with van der Waals surface area (Å²) in [5, 5.41) is 4.24. The Balaban J connectivity index is 1.33. The number of morpholine rings is 1. The van der Waals surface area contributed by atoms with E-state index in [1.807, 2.05) is 56.3 Å². The van der Waals surface area contributed by atoms with Crippen molar-refractivity contribution in [2.45, 2.75) is 19.4 Å². The van der Waals surface area contributed by atoms with Crippen molar-refractivity contribution < 1.29 is 18.7 Å². The Labute approximate surface area is 231 Å². The number of hydrogen-bond donors (Lipinski definition) is 2. The van der Waals surface area contributed by atoms with Crippen LogP contribution < -0.4 is 11.1 Å². The van der Waals surface area contributed by atoms with Crippen LogP contribution in [0.25, 0.3) is 28.2 Å². The maximum Gasteiger partial charge on any atom is 0.254 e. The number of halogens is 1. The number of furan rings is 1. The van der Waals surface area contributed by atoms with Crippen LogP contribution in [0.2, 0.25) is 5.02 Å². The zero-order valence-corrected chi connectivity index (χ0v) is 22.5. The predicted molar refractivity (Wildman–Crippen MR) is 152 cm³/mol. The second-order valence-electron chi connectivity index (χ2n) is 9.93. The van der Waals surface area contributed by atoms with E-state index in [0.717, 1.165) is 22.1 Å². The molecule has 0 aliphatic carbocycles. The van der Waals surface area contributed by atoms with Crippen LogP contribution in [0.5, 0.6) is 0 Å². The molecule has 0 spiro atoms. The number of fused-ring (bicyclic) bond motifs is 1. The molecule has 8 nitrogen and oxygen atoms in total. The highest BCUT2D eigenvalue weighted by Crippen LogP contribution is 2.36. The topological polar surface area (TPSA) is 111 Å². The lowest BCUT2D eigenvalue weighted by Gasteiger charge is -2.26. The summed E-state index contributed by atoms with van der Waals surface area (Å²) in [7, 11) is 0. The average molecular weight is 545 g/mol. The van der Waals surface area contributed by atoms with Crippen LogP contribution in [0.15, 0.2) is 71.3 Å². The normalized spacial score (nSPS) is 14.2. The fourth-order valence-corrected chi connectivity index (χ4v) is 4.70. The zero-order valence-electron chi connectivity index (χ0n) is 21.7. The summed E-state index contributed by atoms with van der Waals surface area (Å²) in [6.07, 6.45) is 4.70. The summed E-state index contributed by atoms with van der Waals surface area (Å²) in [5.41, 5.74) is 8.57. The van der Waals surface area contributed by atoms with Crippen molar-refractivity contribution in [3.63, 3.8) is 0 Å². The molecule has 1 saturated heterocycles. The molecule has 4 aromatic rings. The third-order valence-corrected chi connectivity index (χ3v) is 6.90. The number of nitrogens with one attached hydrogen (secondary N) is 1. The van der Waals surface area contributed by atoms with Crippen molar-refractivity contribution >= 4 is 46.3 Å². The Hall–Kier alpha value is -4.14. The fourth-order valence-electron chi connectivity index (χ4n) is 4.44. The van der Waals surface area contributed by atoms with Gasteiger partial charge in [-0.25, -0.2) is 4.98 Å². The Morgan fingerprint density at radius 2 is 1.79 bits per heavy atom. The minimum atomic E-state index is -0.801. The highest BCUT2D eigenvalue weighted by Gasteiger charge is 2.27. The molecule has 9 heteroatoms. The van der Waals surface area contributed by atoms with E-state index in [1.165, 1.54) is 6.08 Å². The van der Waals surface area contributed by atoms with Crippen LogP contribution in [-0.4, -0.2) is 48.0 Å². The van der Waals surface area contributed by atoms with Gasteiger partial charge in [0, 0.05) is 36.3 Å². The summed E-state index contributed by atoms with van der Waals surface area (Å²) in [5.74, 6) is 0.706. The van der Waals surface area contributed by atoms with E-state index in [-0.39, 0.29) is 11.8 Å². The highest BCUT2D eigenvalue weighted by atomic mass is 35.5. The van der Waals surface area contributed by atoms with Crippen LogP contribution in [0.1, 0.15) is 35.5 Å². The average Bonchev–Trinajstić information content (AvgIpc) is 3.39. The summed E-state index contributed by atoms with van der Waals surface area (Å²) < 4.78 is 11.4. The van der Waals surface area contributed by atoms with E-state index >= 15 is 0 Å². The molecule has 0 radical (unpaired) electrons. The van der Waals surface area contributed by atoms with Gasteiger partial charge >= 0.3 is 0 Å². The minimum Gasteiger partial charge on any atom is -0.457 e. The lowest BCUT2D eigenvalue weighted by Crippen LogP contribution is -2.40. The first-order chi connectivity index (χ1) is 18.7. The predicted octanol–water partition coefficient (Wildman–Crippen LogP) is 5.27. The number of amides is 2. The standard InChI is InChI=1S/C30H29ClN4O4/c1-30(2,34-27(36)10-4-19-3-9-26(32)33-18-19)25-17-23-15-22(16-24(31)28(23)39-25)20-5-7-21(8-6-20)29(37)35-11-13-38-14-12-35/h3-10,15-18H,11-14H2,1-2H3,(H2,32,33)(H,34,36). The first kappa shape index (κ1) is 26.5. The van der Waals surface area contributed by atoms with Gasteiger partial charge < -0.3 is 25.1 Å². The number of nitrogens with two attached hydrogens (primary N) is 1. The maximum absolute atomic E-state index is 12.8. The molecular weight excluding hydrogens is 516 g/mol. The Morgan fingerprint density at radius 3 is 2.49 bits per heavy atom. The van der Waals surface area contributed by atoms with E-state index in [0.29, 0.717) is 54.1 Å². The molecule has 3 N–H and O–H groups in total. The lowest BCUT2D eigenvalue weighted by molar-refractivity contribution is -0.118. The monoisotopic (exact) mass is 544 g/mol. The smallest absolute Gasteiger partial charge is 0.254 e. The molecule has 39 heavy (non-hydrogen) atoms. The van der Waals surface area contributed by atoms with Gasteiger partial charge in [-0.1, -0.05) is 23.7 Å². The molecule has 1 fully saturated rings. The van der Waals surface area contributed by atoms with Crippen molar-refractivity contribution in [2.24, 2.45) is 0 Å². The van der Waals surface area contributed by atoms with Crippen LogP contribution in [0.4, 0.5) is 5.82 Å². The molecule has 200 valence electrons. The van der Waals surface area contributed by atoms with Gasteiger partial charge in [0.05, 0.1) is 23.8 Å². The molecule has 0 unspecified atom stereocenters. The first-order valence-electron chi connectivity index (χ1n) is 12.6. The van der Waals surface area contributed by atoms with Gasteiger partial charge in [-0.05, 0) is 79.1 Å². The van der Waals surface area contributed by atoms with Gasteiger partial charge in [0.1, 0.15) is 11.6 Å². The van der Waals surface area contributed by atoms with Crippen molar-refractivity contribution in [2.75, 3.05) is 32.0 Å². The second-order valence-corrected chi connectivity index (χ2v) is 10.3. The number of carbonyl (C=O) groups excluding carboxylic acids is 2. The molecular formula is C30H29ClN4O4. The number of nitrogens with zero attached hydrogens (tertiary/aromatic N) is 2. The molecule has 0 bridgehead atoms. The van der Waals surface area contributed by atoms with Gasteiger partial charge in [0.25, 0.3) is 5.91 Å². The largest absolute Gasteiger partial charge is 0.457 e. The summed E-state index contributed by atoms with van der Waals surface area (Å²) in [4.78, 5) is 31.2. The molecule has 1 aliphatic rings. The van der Waals surface area contributed by atoms with E-state index in [2.05, 4.69) is 10.3 Å². The van der Waals surface area contributed by atoms with Crippen molar-refractivity contribution in [3.8, 4) is 11.1 Å². The Kier molecular flexibility index (Phi) is 7.41. The van der Waals surface area contributed by atoms with Crippen molar-refractivity contribution in [1.82, 2.24) is 15.2 Å². The number of ether oxygens (including phenoxy) is 1. The molecule has 0 atom stereocenters. The van der Waals surface area contributed by atoms with Crippen LogP contribution >= 0.6 is 11.6 Å². The van der Waals surface area contributed by atoms with Crippen LogP contribution in [0, 0.1) is 0 Å². The lowest BCUT2D eigenvalue weighted by atomic mass is 9.99. The van der Waals surface area contributed by atoms with E-state index < -0.39 is 5.54 Å². The molecule has 3 heterocycles. The SMILES string of the molecule is CC(C)(NC(=O)C=Cc1ccc(N)nc1)c1cc2cc(-c3ccc(C(=O)N4CCOCC4)cc3)cc(Cl)c2o1. The molecule has 2 aromatic carbocycles. The van der Waals surface area contributed by atoms with Crippen LogP contribution in [-0.2, 0) is 15.1 Å². The number of anilines is 1. The molecule has 5 rings (SSSR count). The third kappa shape index (κ3) is 5.97. The van der Waals surface area contributed by atoms with Crippen molar-refractivity contribution in [1.29, 1.82) is 0 Å². The fraction of sp³-hybridized carbons (Fsp3) is 0.233. The molecule has 2 amide bonds. The number of nitrogen functional groups attached to an aromatic ring is 1. The Bertz CT molecular complexity index is 1540. The van der Waals surface area contributed by atoms with Crippen LogP contribution in [0.3, 0.4) is 0 Å². The van der Waals surface area contributed by atoms with E-state index in [9.17, 15) is 9.59 Å². The number of benzene rings is 2. The van der Waals surface area contributed by atoms with E-state index in [4.69, 9.17) is 26.5 Å². The van der Waals surface area contributed by atoms with Crippen molar-refractivity contribution in [3.05, 3.63) is 88.8 Å². The number of hydrogen-bond acceptors (Lipinski definition) is 6. The minimum absolute atomic E-state index is 0.00191. The number of aromatic nitrogens is 1. The number of carbonyl (C=O) groups is 2. The second kappa shape index (κ2) is 10.9. The van der Waals surface area contributed by atoms with Gasteiger partial charge in [-0.2, -0.15) is 0 Å². The first-order valence-corrected chi connectivity index (χ1v) is 13.0. The number of rotatable bonds is 6. The summed E-state index contributed by atoms with van der Waals surface area (Å²) in [6, 6.07) is 16.7. The molecule has 2 aromatic heterocycles. The zero-order chi connectivity index (χ0) is 27.6. The van der Waals surface area contributed by atoms with E-state index in [1.54, 1.807) is 29.3 Å². The van der Waals surface area contributed by atoms with Gasteiger partial charge in [0.15, 0.2) is 5.58 Å². The van der Waals surface area contributed by atoms with Gasteiger partial charge in [-0.3, -0.25) is 9.59 Å². The Morgan fingerprint density at radius 1 is 1.05 bits per heavy atom. The third-order valence-electron chi connectivity index (χ3n) is 6.62. The van der Waals surface area contributed by atoms with Gasteiger partial charge in [-0.15, -0.1) is 0 Å². The highest BCUT2D eigenvalue weighted by molar-refractivity contribution is 6.35. The number of pyridine rings is 1. The molecule has 0 saturated carbocycles. The maximum atomic E-state index is 12.8. The van der Waals surface area contributed by atoms with Gasteiger partial charge in [0.2, 0.25) is 5.91 Å².